The lowest BCUT2D eigenvalue weighted by Crippen LogP contribution is -2.48. The molecule has 0 radical (unpaired) electrons. The standard InChI is InChI=1S/C18H31N3/c1-4-9-19-14-17-5-7-18(8-6-17)15-20-10-12-21(13-11-20)16(2)3/h5-8,16,19H,4,9-15H2,1-3H3. The summed E-state index contributed by atoms with van der Waals surface area (Å²) >= 11 is 0. The van der Waals surface area contributed by atoms with Crippen molar-refractivity contribution in [2.75, 3.05) is 32.7 Å². The molecule has 0 amide bonds. The topological polar surface area (TPSA) is 18.5 Å². The van der Waals surface area contributed by atoms with Crippen LogP contribution in [0.4, 0.5) is 0 Å². The Balaban J connectivity index is 1.76. The van der Waals surface area contributed by atoms with Crippen LogP contribution in [0, 0.1) is 0 Å². The summed E-state index contributed by atoms with van der Waals surface area (Å²) in [4.78, 5) is 5.14. The highest BCUT2D eigenvalue weighted by Crippen LogP contribution is 2.11. The Morgan fingerprint density at radius 2 is 1.62 bits per heavy atom. The van der Waals surface area contributed by atoms with Crippen molar-refractivity contribution < 1.29 is 0 Å². The summed E-state index contributed by atoms with van der Waals surface area (Å²) in [5.41, 5.74) is 2.82. The number of benzene rings is 1. The molecule has 3 heteroatoms. The molecule has 0 unspecified atom stereocenters. The molecule has 118 valence electrons. The number of nitrogens with one attached hydrogen (secondary N) is 1. The Bertz CT molecular complexity index is 391. The van der Waals surface area contributed by atoms with Crippen molar-refractivity contribution >= 4 is 0 Å². The Hall–Kier alpha value is -0.900. The normalized spacial score (nSPS) is 17.5. The van der Waals surface area contributed by atoms with E-state index in [1.807, 2.05) is 0 Å². The minimum Gasteiger partial charge on any atom is -0.313 e. The zero-order valence-corrected chi connectivity index (χ0v) is 13.9. The molecule has 0 aromatic heterocycles. The van der Waals surface area contributed by atoms with Crippen molar-refractivity contribution in [2.24, 2.45) is 0 Å². The average molecular weight is 289 g/mol. The van der Waals surface area contributed by atoms with Gasteiger partial charge in [0.15, 0.2) is 0 Å². The molecule has 1 N–H and O–H groups in total. The van der Waals surface area contributed by atoms with Crippen LogP contribution >= 0.6 is 0 Å². The smallest absolute Gasteiger partial charge is 0.0234 e. The predicted molar refractivity (Wildman–Crippen MR) is 90.4 cm³/mol. The highest BCUT2D eigenvalue weighted by molar-refractivity contribution is 5.22. The van der Waals surface area contributed by atoms with Gasteiger partial charge in [0.05, 0.1) is 0 Å². The molecule has 1 saturated heterocycles. The first-order valence-electron chi connectivity index (χ1n) is 8.44. The second kappa shape index (κ2) is 8.52. The van der Waals surface area contributed by atoms with Gasteiger partial charge in [-0.3, -0.25) is 9.80 Å². The van der Waals surface area contributed by atoms with Gasteiger partial charge in [-0.2, -0.15) is 0 Å². The third-order valence-corrected chi connectivity index (χ3v) is 4.32. The molecule has 0 spiro atoms. The average Bonchev–Trinajstić information content (AvgIpc) is 2.50. The Kier molecular flexibility index (Phi) is 6.68. The lowest BCUT2D eigenvalue weighted by atomic mass is 10.1. The molecule has 1 aliphatic heterocycles. The highest BCUT2D eigenvalue weighted by atomic mass is 15.3. The van der Waals surface area contributed by atoms with Crippen molar-refractivity contribution in [2.45, 2.75) is 46.3 Å². The van der Waals surface area contributed by atoms with Crippen molar-refractivity contribution in [3.05, 3.63) is 35.4 Å². The molecule has 1 heterocycles. The lowest BCUT2D eigenvalue weighted by Gasteiger charge is -2.36. The zero-order valence-electron chi connectivity index (χ0n) is 13.9. The van der Waals surface area contributed by atoms with Crippen LogP contribution in [0.15, 0.2) is 24.3 Å². The van der Waals surface area contributed by atoms with Crippen LogP contribution in [0.1, 0.15) is 38.3 Å². The minimum atomic E-state index is 0.682. The molecule has 0 saturated carbocycles. The molecule has 3 nitrogen and oxygen atoms in total. The summed E-state index contributed by atoms with van der Waals surface area (Å²) in [5.74, 6) is 0. The molecular formula is C18H31N3. The lowest BCUT2D eigenvalue weighted by molar-refractivity contribution is 0.104. The Morgan fingerprint density at radius 3 is 2.19 bits per heavy atom. The van der Waals surface area contributed by atoms with E-state index in [9.17, 15) is 0 Å². The maximum Gasteiger partial charge on any atom is 0.0234 e. The molecule has 1 aliphatic rings. The van der Waals surface area contributed by atoms with Gasteiger partial charge in [0.1, 0.15) is 0 Å². The van der Waals surface area contributed by atoms with Crippen LogP contribution in [0.2, 0.25) is 0 Å². The molecule has 1 aromatic rings. The van der Waals surface area contributed by atoms with Crippen molar-refractivity contribution in [1.82, 2.24) is 15.1 Å². The van der Waals surface area contributed by atoms with Gasteiger partial charge in [0, 0.05) is 45.3 Å². The maximum atomic E-state index is 3.45. The van der Waals surface area contributed by atoms with Gasteiger partial charge in [0.25, 0.3) is 0 Å². The van der Waals surface area contributed by atoms with Crippen LogP contribution in [-0.4, -0.2) is 48.6 Å². The summed E-state index contributed by atoms with van der Waals surface area (Å²) < 4.78 is 0. The first-order chi connectivity index (χ1) is 10.2. The third-order valence-electron chi connectivity index (χ3n) is 4.32. The predicted octanol–water partition coefficient (Wildman–Crippen LogP) is 2.71. The third kappa shape index (κ3) is 5.42. The van der Waals surface area contributed by atoms with Gasteiger partial charge in [-0.05, 0) is 37.9 Å². The number of piperazine rings is 1. The van der Waals surface area contributed by atoms with E-state index in [4.69, 9.17) is 0 Å². The summed E-state index contributed by atoms with van der Waals surface area (Å²) in [6.45, 7) is 14.8. The number of hydrogen-bond donors (Lipinski definition) is 1. The summed E-state index contributed by atoms with van der Waals surface area (Å²) in [5, 5.41) is 3.45. The van der Waals surface area contributed by atoms with Crippen LogP contribution < -0.4 is 5.32 Å². The quantitative estimate of drug-likeness (QED) is 0.779. The first kappa shape index (κ1) is 16.5. The fraction of sp³-hybridized carbons (Fsp3) is 0.667. The van der Waals surface area contributed by atoms with Crippen LogP contribution in [0.5, 0.6) is 0 Å². The van der Waals surface area contributed by atoms with Crippen molar-refractivity contribution in [3.63, 3.8) is 0 Å². The van der Waals surface area contributed by atoms with E-state index in [1.54, 1.807) is 0 Å². The SMILES string of the molecule is CCCNCc1ccc(CN2CCN(C(C)C)CC2)cc1. The van der Waals surface area contributed by atoms with Gasteiger partial charge < -0.3 is 5.32 Å². The second-order valence-electron chi connectivity index (χ2n) is 6.40. The van der Waals surface area contributed by atoms with Gasteiger partial charge in [-0.25, -0.2) is 0 Å². The van der Waals surface area contributed by atoms with E-state index < -0.39 is 0 Å². The van der Waals surface area contributed by atoms with Gasteiger partial charge in [-0.1, -0.05) is 31.2 Å². The molecule has 21 heavy (non-hydrogen) atoms. The maximum absolute atomic E-state index is 3.45. The monoisotopic (exact) mass is 289 g/mol. The molecule has 0 atom stereocenters. The molecular weight excluding hydrogens is 258 g/mol. The van der Waals surface area contributed by atoms with E-state index in [1.165, 1.54) is 43.7 Å². The zero-order chi connectivity index (χ0) is 15.1. The van der Waals surface area contributed by atoms with Crippen LogP contribution in [0.3, 0.4) is 0 Å². The largest absolute Gasteiger partial charge is 0.313 e. The fourth-order valence-electron chi connectivity index (χ4n) is 2.87. The van der Waals surface area contributed by atoms with Crippen LogP contribution in [-0.2, 0) is 13.1 Å². The van der Waals surface area contributed by atoms with E-state index >= 15 is 0 Å². The number of rotatable bonds is 7. The van der Waals surface area contributed by atoms with Gasteiger partial charge in [0.2, 0.25) is 0 Å². The van der Waals surface area contributed by atoms with E-state index in [0.29, 0.717) is 6.04 Å². The van der Waals surface area contributed by atoms with Crippen LogP contribution in [0.25, 0.3) is 0 Å². The van der Waals surface area contributed by atoms with Gasteiger partial charge in [-0.15, -0.1) is 0 Å². The molecule has 0 bridgehead atoms. The fourth-order valence-corrected chi connectivity index (χ4v) is 2.87. The van der Waals surface area contributed by atoms with Crippen molar-refractivity contribution in [3.8, 4) is 0 Å². The van der Waals surface area contributed by atoms with E-state index in [-0.39, 0.29) is 0 Å². The molecule has 1 fully saturated rings. The number of hydrogen-bond acceptors (Lipinski definition) is 3. The van der Waals surface area contributed by atoms with E-state index in [0.717, 1.165) is 19.6 Å². The number of nitrogens with zero attached hydrogens (tertiary/aromatic N) is 2. The highest BCUT2D eigenvalue weighted by Gasteiger charge is 2.18. The Morgan fingerprint density at radius 1 is 1.00 bits per heavy atom. The van der Waals surface area contributed by atoms with Crippen molar-refractivity contribution in [1.29, 1.82) is 0 Å². The summed E-state index contributed by atoms with van der Waals surface area (Å²) in [6, 6.07) is 9.79. The first-order valence-corrected chi connectivity index (χ1v) is 8.44. The minimum absolute atomic E-state index is 0.682. The van der Waals surface area contributed by atoms with E-state index in [2.05, 4.69) is 60.2 Å². The molecule has 1 aromatic carbocycles. The molecule has 2 rings (SSSR count). The second-order valence-corrected chi connectivity index (χ2v) is 6.40. The van der Waals surface area contributed by atoms with Gasteiger partial charge >= 0.3 is 0 Å². The molecule has 0 aliphatic carbocycles. The summed E-state index contributed by atoms with van der Waals surface area (Å²) in [6.07, 6.45) is 1.19. The summed E-state index contributed by atoms with van der Waals surface area (Å²) in [7, 11) is 0. The Labute approximate surface area is 130 Å².